The highest BCUT2D eigenvalue weighted by atomic mass is 19.3. The van der Waals surface area contributed by atoms with Gasteiger partial charge in [-0.3, -0.25) is 9.58 Å². The number of fused-ring (bicyclic) bond motifs is 2. The normalized spacial score (nSPS) is 17.9. The maximum absolute atomic E-state index is 12.8. The minimum absolute atomic E-state index is 0.155. The molecule has 0 unspecified atom stereocenters. The Morgan fingerprint density at radius 3 is 2.80 bits per heavy atom. The monoisotopic (exact) mass is 414 g/mol. The first-order valence-electron chi connectivity index (χ1n) is 10.9. The molecule has 5 rings (SSSR count). The van der Waals surface area contributed by atoms with E-state index >= 15 is 0 Å². The van der Waals surface area contributed by atoms with Crippen molar-refractivity contribution in [3.63, 3.8) is 0 Å². The van der Waals surface area contributed by atoms with Crippen molar-refractivity contribution in [3.8, 4) is 5.75 Å². The number of hydrogen-bond donors (Lipinski definition) is 0. The molecular weight excluding hydrogens is 386 g/mol. The number of nitrogens with zero attached hydrogens (tertiary/aromatic N) is 4. The molecular formula is C23H28F2N4O. The van der Waals surface area contributed by atoms with Crippen LogP contribution in [-0.4, -0.2) is 44.9 Å². The number of ether oxygens (including phenoxy) is 1. The topological polar surface area (TPSA) is 35.2 Å². The lowest BCUT2D eigenvalue weighted by atomic mass is 10.1. The van der Waals surface area contributed by atoms with Crippen molar-refractivity contribution in [3.05, 3.63) is 47.4 Å². The quantitative estimate of drug-likeness (QED) is 0.607. The molecule has 30 heavy (non-hydrogen) atoms. The molecule has 1 saturated heterocycles. The molecule has 1 aliphatic carbocycles. The Labute approximate surface area is 175 Å². The molecule has 1 aliphatic heterocycles. The van der Waals surface area contributed by atoms with Gasteiger partial charge in [0.1, 0.15) is 11.9 Å². The minimum Gasteiger partial charge on any atom is -0.490 e. The van der Waals surface area contributed by atoms with Crippen molar-refractivity contribution in [2.24, 2.45) is 7.05 Å². The summed E-state index contributed by atoms with van der Waals surface area (Å²) >= 11 is 0. The lowest BCUT2D eigenvalue weighted by Crippen LogP contribution is -2.38. The molecule has 0 bridgehead atoms. The van der Waals surface area contributed by atoms with Gasteiger partial charge in [-0.25, -0.2) is 8.78 Å². The fourth-order valence-corrected chi connectivity index (χ4v) is 4.97. The van der Waals surface area contributed by atoms with Gasteiger partial charge >= 0.3 is 0 Å². The lowest BCUT2D eigenvalue weighted by Gasteiger charge is -2.32. The number of likely N-dealkylation sites (tertiary alicyclic amines) is 1. The van der Waals surface area contributed by atoms with Crippen LogP contribution in [0.15, 0.2) is 30.5 Å². The highest BCUT2D eigenvalue weighted by Gasteiger charge is 2.26. The minimum atomic E-state index is -2.37. The van der Waals surface area contributed by atoms with Crippen LogP contribution < -0.4 is 4.74 Å². The van der Waals surface area contributed by atoms with Crippen molar-refractivity contribution < 1.29 is 13.5 Å². The van der Waals surface area contributed by atoms with E-state index in [4.69, 9.17) is 9.84 Å². The Hall–Kier alpha value is -2.41. The first-order chi connectivity index (χ1) is 14.6. The number of alkyl halides is 2. The van der Waals surface area contributed by atoms with Crippen LogP contribution in [0.2, 0.25) is 0 Å². The van der Waals surface area contributed by atoms with Gasteiger partial charge in [0.2, 0.25) is 0 Å². The predicted molar refractivity (Wildman–Crippen MR) is 112 cm³/mol. The van der Waals surface area contributed by atoms with Gasteiger partial charge in [0.05, 0.1) is 23.4 Å². The highest BCUT2D eigenvalue weighted by molar-refractivity contribution is 5.86. The molecule has 2 aromatic heterocycles. The maximum Gasteiger partial charge on any atom is 0.256 e. The van der Waals surface area contributed by atoms with E-state index in [0.717, 1.165) is 62.0 Å². The van der Waals surface area contributed by atoms with E-state index in [2.05, 4.69) is 16.6 Å². The molecule has 5 nitrogen and oxygen atoms in total. The van der Waals surface area contributed by atoms with Crippen LogP contribution in [0.3, 0.4) is 0 Å². The summed E-state index contributed by atoms with van der Waals surface area (Å²) in [5, 5.41) is 5.60. The first-order valence-corrected chi connectivity index (χ1v) is 10.9. The first kappa shape index (κ1) is 19.5. The summed E-state index contributed by atoms with van der Waals surface area (Å²) in [6.07, 6.45) is 4.95. The van der Waals surface area contributed by atoms with Gasteiger partial charge in [-0.1, -0.05) is 6.07 Å². The molecule has 1 fully saturated rings. The molecule has 1 aromatic carbocycles. The summed E-state index contributed by atoms with van der Waals surface area (Å²) in [6.45, 7) is 2.65. The Morgan fingerprint density at radius 1 is 1.17 bits per heavy atom. The number of piperidine rings is 1. The van der Waals surface area contributed by atoms with E-state index in [1.165, 1.54) is 23.4 Å². The SMILES string of the molecule is Cn1nc2c(c1CN1CCC(Oc3cccc4c3ccn4CC(F)F)CC1)CCC2. The van der Waals surface area contributed by atoms with Crippen LogP contribution in [0, 0.1) is 0 Å². The molecule has 3 heterocycles. The van der Waals surface area contributed by atoms with Gasteiger partial charge in [-0.05, 0) is 55.9 Å². The van der Waals surface area contributed by atoms with Crippen molar-refractivity contribution >= 4 is 10.9 Å². The second-order valence-corrected chi connectivity index (χ2v) is 8.49. The Kier molecular flexibility index (Phi) is 5.23. The highest BCUT2D eigenvalue weighted by Crippen LogP contribution is 2.30. The zero-order chi connectivity index (χ0) is 20.7. The van der Waals surface area contributed by atoms with E-state index in [-0.39, 0.29) is 12.6 Å². The van der Waals surface area contributed by atoms with E-state index in [1.807, 2.05) is 24.3 Å². The van der Waals surface area contributed by atoms with Crippen molar-refractivity contribution in [2.75, 3.05) is 13.1 Å². The predicted octanol–water partition coefficient (Wildman–Crippen LogP) is 4.17. The number of halogens is 2. The maximum atomic E-state index is 12.8. The molecule has 0 atom stereocenters. The third-order valence-electron chi connectivity index (χ3n) is 6.51. The Balaban J connectivity index is 1.22. The molecule has 2 aliphatic rings. The van der Waals surface area contributed by atoms with E-state index < -0.39 is 6.43 Å². The van der Waals surface area contributed by atoms with E-state index in [1.54, 1.807) is 10.8 Å². The Morgan fingerprint density at radius 2 is 2.00 bits per heavy atom. The van der Waals surface area contributed by atoms with E-state index in [9.17, 15) is 8.78 Å². The molecule has 0 saturated carbocycles. The zero-order valence-corrected chi connectivity index (χ0v) is 17.4. The Bertz CT molecular complexity index is 1030. The second-order valence-electron chi connectivity index (χ2n) is 8.49. The number of hydrogen-bond acceptors (Lipinski definition) is 3. The third-order valence-corrected chi connectivity index (χ3v) is 6.51. The fourth-order valence-electron chi connectivity index (χ4n) is 4.97. The van der Waals surface area contributed by atoms with Gasteiger partial charge in [0.25, 0.3) is 6.43 Å². The molecule has 0 spiro atoms. The smallest absolute Gasteiger partial charge is 0.256 e. The number of aromatic nitrogens is 3. The van der Waals surface area contributed by atoms with Gasteiger partial charge < -0.3 is 9.30 Å². The van der Waals surface area contributed by atoms with Crippen molar-refractivity contribution in [1.29, 1.82) is 0 Å². The molecule has 7 heteroatoms. The molecule has 3 aromatic rings. The average Bonchev–Trinajstić information content (AvgIpc) is 3.41. The van der Waals surface area contributed by atoms with Crippen LogP contribution in [0.4, 0.5) is 8.78 Å². The summed E-state index contributed by atoms with van der Waals surface area (Å²) in [5.41, 5.74) is 4.93. The standard InChI is InChI=1S/C23H28F2N4O/c1-27-21(17-4-2-5-19(17)26-27)14-28-11-8-16(9-12-28)30-22-7-3-6-20-18(22)10-13-29(20)15-23(24)25/h3,6-7,10,13,16,23H,2,4-5,8-9,11-12,14-15H2,1H3. The average molecular weight is 415 g/mol. The second kappa shape index (κ2) is 8.02. The third kappa shape index (κ3) is 3.71. The van der Waals surface area contributed by atoms with Gasteiger partial charge in [-0.2, -0.15) is 5.10 Å². The van der Waals surface area contributed by atoms with Crippen LogP contribution in [0.5, 0.6) is 5.75 Å². The number of aryl methyl sites for hydroxylation is 2. The molecule has 0 N–H and O–H groups in total. The summed E-state index contributed by atoms with van der Waals surface area (Å²) in [6, 6.07) is 7.59. The van der Waals surface area contributed by atoms with E-state index in [0.29, 0.717) is 0 Å². The van der Waals surface area contributed by atoms with Crippen molar-refractivity contribution in [2.45, 2.75) is 57.7 Å². The zero-order valence-electron chi connectivity index (χ0n) is 17.4. The molecule has 160 valence electrons. The van der Waals surface area contributed by atoms with Crippen LogP contribution in [0.1, 0.15) is 36.2 Å². The largest absolute Gasteiger partial charge is 0.490 e. The van der Waals surface area contributed by atoms with Crippen LogP contribution in [0.25, 0.3) is 10.9 Å². The number of rotatable bonds is 6. The summed E-state index contributed by atoms with van der Waals surface area (Å²) in [7, 11) is 2.06. The fraction of sp³-hybridized carbons (Fsp3) is 0.522. The van der Waals surface area contributed by atoms with Gasteiger partial charge in [0, 0.05) is 38.3 Å². The van der Waals surface area contributed by atoms with Crippen LogP contribution >= 0.6 is 0 Å². The number of benzene rings is 1. The summed E-state index contributed by atoms with van der Waals surface area (Å²) in [5.74, 6) is 0.795. The summed E-state index contributed by atoms with van der Waals surface area (Å²) in [4.78, 5) is 2.50. The summed E-state index contributed by atoms with van der Waals surface area (Å²) < 4.78 is 35.6. The van der Waals surface area contributed by atoms with Gasteiger partial charge in [0.15, 0.2) is 0 Å². The van der Waals surface area contributed by atoms with Crippen LogP contribution in [-0.2, 0) is 33.0 Å². The molecule has 0 amide bonds. The lowest BCUT2D eigenvalue weighted by molar-refractivity contribution is 0.0964. The van der Waals surface area contributed by atoms with Crippen molar-refractivity contribution in [1.82, 2.24) is 19.2 Å². The van der Waals surface area contributed by atoms with Gasteiger partial charge in [-0.15, -0.1) is 0 Å². The molecule has 0 radical (unpaired) electrons.